The number of carbonyl (C=O) groups excluding carboxylic acids is 2. The van der Waals surface area contributed by atoms with E-state index in [9.17, 15) is 9.59 Å². The molecular weight excluding hydrogens is 318 g/mol. The number of benzene rings is 1. The third kappa shape index (κ3) is 4.32. The van der Waals surface area contributed by atoms with Crippen LogP contribution in [0, 0.1) is 13.8 Å². The molecule has 23 heavy (non-hydrogen) atoms. The van der Waals surface area contributed by atoms with Crippen molar-refractivity contribution in [3.8, 4) is 0 Å². The number of hydrogen-bond acceptors (Lipinski definition) is 4. The highest BCUT2D eigenvalue weighted by Gasteiger charge is 2.17. The first-order valence-electron chi connectivity index (χ1n) is 7.15. The van der Waals surface area contributed by atoms with Gasteiger partial charge in [0.15, 0.2) is 5.82 Å². The van der Waals surface area contributed by atoms with Crippen LogP contribution in [0.3, 0.4) is 0 Å². The summed E-state index contributed by atoms with van der Waals surface area (Å²) in [7, 11) is 0. The molecule has 2 amide bonds. The van der Waals surface area contributed by atoms with Crippen LogP contribution in [0.15, 0.2) is 28.8 Å². The number of nitrogens with zero attached hydrogens (tertiary/aromatic N) is 2. The second kappa shape index (κ2) is 7.28. The van der Waals surface area contributed by atoms with E-state index in [2.05, 4.69) is 10.5 Å². The molecule has 1 aromatic heterocycles. The number of hydrogen-bond donors (Lipinski definition) is 1. The Bertz CT molecular complexity index is 727. The van der Waals surface area contributed by atoms with E-state index >= 15 is 0 Å². The predicted molar refractivity (Wildman–Crippen MR) is 88.7 cm³/mol. The molecule has 2 rings (SSSR count). The number of amides is 2. The van der Waals surface area contributed by atoms with Crippen molar-refractivity contribution >= 4 is 34.9 Å². The van der Waals surface area contributed by atoms with Gasteiger partial charge in [-0.1, -0.05) is 22.8 Å². The summed E-state index contributed by atoms with van der Waals surface area (Å²) in [5.74, 6) is 0.596. The van der Waals surface area contributed by atoms with E-state index in [1.54, 1.807) is 31.2 Å². The van der Waals surface area contributed by atoms with Crippen LogP contribution in [-0.2, 0) is 9.59 Å². The van der Waals surface area contributed by atoms with Crippen LogP contribution in [0.4, 0.5) is 11.5 Å². The summed E-state index contributed by atoms with van der Waals surface area (Å²) in [4.78, 5) is 25.2. The Morgan fingerprint density at radius 1 is 1.35 bits per heavy atom. The lowest BCUT2D eigenvalue weighted by Gasteiger charge is -2.17. The monoisotopic (exact) mass is 335 g/mol. The summed E-state index contributed by atoms with van der Waals surface area (Å²) in [6.07, 6.45) is 0.136. The summed E-state index contributed by atoms with van der Waals surface area (Å²) in [6, 6.07) is 6.96. The summed E-state index contributed by atoms with van der Waals surface area (Å²) < 4.78 is 4.97. The van der Waals surface area contributed by atoms with Crippen molar-refractivity contribution in [1.29, 1.82) is 0 Å². The Labute approximate surface area is 139 Å². The van der Waals surface area contributed by atoms with E-state index < -0.39 is 0 Å². The van der Waals surface area contributed by atoms with Crippen LogP contribution >= 0.6 is 11.6 Å². The van der Waals surface area contributed by atoms with E-state index in [-0.39, 0.29) is 24.8 Å². The standard InChI is InChI=1S/C16H18ClN3O3/c1-10-9-15(19-23-10)20(12(3)21)8-7-16(22)18-14-6-4-5-13(17)11(14)2/h4-6,9H,7-8H2,1-3H3,(H,18,22). The Morgan fingerprint density at radius 3 is 2.70 bits per heavy atom. The van der Waals surface area contributed by atoms with Crippen LogP contribution in [0.5, 0.6) is 0 Å². The van der Waals surface area contributed by atoms with Gasteiger partial charge in [-0.25, -0.2) is 0 Å². The van der Waals surface area contributed by atoms with E-state index in [0.717, 1.165) is 5.56 Å². The molecule has 1 N–H and O–H groups in total. The molecule has 6 nitrogen and oxygen atoms in total. The number of aromatic nitrogens is 1. The van der Waals surface area contributed by atoms with Crippen LogP contribution in [-0.4, -0.2) is 23.5 Å². The van der Waals surface area contributed by atoms with Crippen LogP contribution in [0.25, 0.3) is 0 Å². The van der Waals surface area contributed by atoms with E-state index in [4.69, 9.17) is 16.1 Å². The summed E-state index contributed by atoms with van der Waals surface area (Å²) in [6.45, 7) is 5.21. The Kier molecular flexibility index (Phi) is 5.39. The number of nitrogens with one attached hydrogen (secondary N) is 1. The van der Waals surface area contributed by atoms with Crippen LogP contribution in [0.2, 0.25) is 5.02 Å². The quantitative estimate of drug-likeness (QED) is 0.909. The second-order valence-corrected chi connectivity index (χ2v) is 5.58. The average molecular weight is 336 g/mol. The summed E-state index contributed by atoms with van der Waals surface area (Å²) >= 11 is 6.03. The normalized spacial score (nSPS) is 10.4. The van der Waals surface area contributed by atoms with Gasteiger partial charge in [0.1, 0.15) is 5.76 Å². The second-order valence-electron chi connectivity index (χ2n) is 5.18. The van der Waals surface area contributed by atoms with E-state index in [1.807, 2.05) is 6.92 Å². The molecule has 0 aliphatic heterocycles. The van der Waals surface area contributed by atoms with Gasteiger partial charge in [-0.2, -0.15) is 0 Å². The number of carbonyl (C=O) groups is 2. The maximum Gasteiger partial charge on any atom is 0.226 e. The van der Waals surface area contributed by atoms with Crippen LogP contribution in [0.1, 0.15) is 24.7 Å². The fourth-order valence-corrected chi connectivity index (χ4v) is 2.26. The average Bonchev–Trinajstić information content (AvgIpc) is 2.90. The highest BCUT2D eigenvalue weighted by atomic mass is 35.5. The molecule has 0 aliphatic carbocycles. The van der Waals surface area contributed by atoms with E-state index in [1.165, 1.54) is 11.8 Å². The molecule has 0 radical (unpaired) electrons. The van der Waals surface area contributed by atoms with Crippen molar-refractivity contribution in [2.75, 3.05) is 16.8 Å². The van der Waals surface area contributed by atoms with Crippen LogP contribution < -0.4 is 10.2 Å². The molecule has 122 valence electrons. The third-order valence-corrected chi connectivity index (χ3v) is 3.79. The fraction of sp³-hybridized carbons (Fsp3) is 0.312. The Balaban J connectivity index is 1.99. The number of anilines is 2. The summed E-state index contributed by atoms with van der Waals surface area (Å²) in [5.41, 5.74) is 1.47. The topological polar surface area (TPSA) is 75.4 Å². The molecule has 0 aliphatic rings. The van der Waals surface area contributed by atoms with Gasteiger partial charge in [0.05, 0.1) is 0 Å². The zero-order valence-corrected chi connectivity index (χ0v) is 14.0. The summed E-state index contributed by atoms with van der Waals surface area (Å²) in [5, 5.41) is 7.19. The number of rotatable bonds is 5. The maximum absolute atomic E-state index is 12.1. The molecule has 0 spiro atoms. The SMILES string of the molecule is CC(=O)N(CCC(=O)Nc1cccc(Cl)c1C)c1cc(C)on1. The van der Waals surface area contributed by atoms with Crippen molar-refractivity contribution < 1.29 is 14.1 Å². The van der Waals surface area contributed by atoms with Crippen molar-refractivity contribution in [3.63, 3.8) is 0 Å². The van der Waals surface area contributed by atoms with Gasteiger partial charge < -0.3 is 9.84 Å². The lowest BCUT2D eigenvalue weighted by atomic mass is 10.2. The maximum atomic E-state index is 12.1. The largest absolute Gasteiger partial charge is 0.360 e. The molecular formula is C16H18ClN3O3. The minimum atomic E-state index is -0.207. The van der Waals surface area contributed by atoms with Crippen molar-refractivity contribution in [1.82, 2.24) is 5.16 Å². The van der Waals surface area contributed by atoms with Gasteiger partial charge in [0.2, 0.25) is 11.8 Å². The highest BCUT2D eigenvalue weighted by Crippen LogP contribution is 2.23. The minimum Gasteiger partial charge on any atom is -0.360 e. The minimum absolute atomic E-state index is 0.136. The smallest absolute Gasteiger partial charge is 0.226 e. The van der Waals surface area contributed by atoms with Gasteiger partial charge in [0, 0.05) is 36.7 Å². The Hall–Kier alpha value is -2.34. The van der Waals surface area contributed by atoms with E-state index in [0.29, 0.717) is 22.3 Å². The molecule has 0 bridgehead atoms. The first-order valence-corrected chi connectivity index (χ1v) is 7.52. The Morgan fingerprint density at radius 2 is 2.09 bits per heavy atom. The predicted octanol–water partition coefficient (Wildman–Crippen LogP) is 3.33. The lowest BCUT2D eigenvalue weighted by molar-refractivity contribution is -0.117. The number of aryl methyl sites for hydroxylation is 1. The molecule has 7 heteroatoms. The van der Waals surface area contributed by atoms with Gasteiger partial charge in [-0.3, -0.25) is 14.5 Å². The number of halogens is 1. The van der Waals surface area contributed by atoms with Crippen molar-refractivity contribution in [2.45, 2.75) is 27.2 Å². The first kappa shape index (κ1) is 17.0. The molecule has 1 aromatic carbocycles. The third-order valence-electron chi connectivity index (χ3n) is 3.38. The molecule has 1 heterocycles. The molecule has 0 saturated carbocycles. The first-order chi connectivity index (χ1) is 10.9. The molecule has 0 unspecified atom stereocenters. The highest BCUT2D eigenvalue weighted by molar-refractivity contribution is 6.31. The van der Waals surface area contributed by atoms with Gasteiger partial charge in [-0.05, 0) is 31.5 Å². The molecule has 0 fully saturated rings. The molecule has 0 saturated heterocycles. The van der Waals surface area contributed by atoms with Gasteiger partial charge >= 0.3 is 0 Å². The van der Waals surface area contributed by atoms with Crippen molar-refractivity contribution in [3.05, 3.63) is 40.6 Å². The fourth-order valence-electron chi connectivity index (χ4n) is 2.08. The molecule has 0 atom stereocenters. The van der Waals surface area contributed by atoms with Gasteiger partial charge in [0.25, 0.3) is 0 Å². The lowest BCUT2D eigenvalue weighted by Crippen LogP contribution is -2.32. The molecule has 2 aromatic rings. The zero-order chi connectivity index (χ0) is 17.0. The van der Waals surface area contributed by atoms with Gasteiger partial charge in [-0.15, -0.1) is 0 Å². The zero-order valence-electron chi connectivity index (χ0n) is 13.2. The van der Waals surface area contributed by atoms with Crippen molar-refractivity contribution in [2.24, 2.45) is 0 Å².